The van der Waals surface area contributed by atoms with E-state index in [9.17, 15) is 4.79 Å². The topological polar surface area (TPSA) is 35.5 Å². The smallest absolute Gasteiger partial charge is 0.343 e. The lowest BCUT2D eigenvalue weighted by molar-refractivity contribution is 0.0735. The molecule has 3 heteroatoms. The molecule has 162 valence electrons. The molecule has 0 saturated carbocycles. The number of esters is 1. The lowest BCUT2D eigenvalue weighted by Crippen LogP contribution is -2.08. The standard InChI is InChI=1S/C28H32O3/c1-21(2)8-7-9-22(3)20-30-26-16-12-23(13-17-26)24-14-18-27(19-15-24)31-28(29)25-10-5-4-6-11-25/h4-6,10-19,21-22H,7-9,20H2,1-3H3. The van der Waals surface area contributed by atoms with Crippen molar-refractivity contribution in [2.75, 3.05) is 6.61 Å². The Balaban J connectivity index is 1.51. The van der Waals surface area contributed by atoms with Gasteiger partial charge in [0.15, 0.2) is 0 Å². The van der Waals surface area contributed by atoms with E-state index in [1.165, 1.54) is 19.3 Å². The van der Waals surface area contributed by atoms with Crippen LogP contribution in [0.4, 0.5) is 0 Å². The normalized spacial score (nSPS) is 11.9. The van der Waals surface area contributed by atoms with Crippen molar-refractivity contribution in [3.05, 3.63) is 84.4 Å². The second-order valence-corrected chi connectivity index (χ2v) is 8.55. The molecule has 0 aromatic heterocycles. The van der Waals surface area contributed by atoms with Crippen LogP contribution in [0.1, 0.15) is 50.4 Å². The summed E-state index contributed by atoms with van der Waals surface area (Å²) in [6, 6.07) is 24.7. The third-order valence-corrected chi connectivity index (χ3v) is 5.27. The summed E-state index contributed by atoms with van der Waals surface area (Å²) in [7, 11) is 0. The molecule has 0 fully saturated rings. The van der Waals surface area contributed by atoms with Crippen LogP contribution >= 0.6 is 0 Å². The fourth-order valence-electron chi connectivity index (χ4n) is 3.40. The highest BCUT2D eigenvalue weighted by molar-refractivity contribution is 5.91. The van der Waals surface area contributed by atoms with Gasteiger partial charge in [-0.3, -0.25) is 0 Å². The zero-order valence-corrected chi connectivity index (χ0v) is 18.7. The molecule has 0 amide bonds. The maximum absolute atomic E-state index is 12.2. The van der Waals surface area contributed by atoms with Gasteiger partial charge in [-0.25, -0.2) is 4.79 Å². The van der Waals surface area contributed by atoms with Gasteiger partial charge >= 0.3 is 5.97 Å². The van der Waals surface area contributed by atoms with E-state index in [4.69, 9.17) is 9.47 Å². The van der Waals surface area contributed by atoms with E-state index < -0.39 is 0 Å². The summed E-state index contributed by atoms with van der Waals surface area (Å²) in [4.78, 5) is 12.2. The molecule has 31 heavy (non-hydrogen) atoms. The molecular weight excluding hydrogens is 384 g/mol. The molecule has 0 aliphatic rings. The summed E-state index contributed by atoms with van der Waals surface area (Å²) in [6.07, 6.45) is 3.75. The number of rotatable bonds is 10. The molecule has 0 heterocycles. The Morgan fingerprint density at radius 2 is 1.32 bits per heavy atom. The van der Waals surface area contributed by atoms with Gasteiger partial charge in [-0.15, -0.1) is 0 Å². The van der Waals surface area contributed by atoms with Crippen molar-refractivity contribution in [2.45, 2.75) is 40.0 Å². The third-order valence-electron chi connectivity index (χ3n) is 5.27. The molecule has 0 aliphatic heterocycles. The van der Waals surface area contributed by atoms with E-state index in [1.807, 2.05) is 54.6 Å². The lowest BCUT2D eigenvalue weighted by atomic mass is 10.0. The van der Waals surface area contributed by atoms with Crippen molar-refractivity contribution in [3.8, 4) is 22.6 Å². The van der Waals surface area contributed by atoms with Crippen LogP contribution in [0.3, 0.4) is 0 Å². The van der Waals surface area contributed by atoms with Gasteiger partial charge < -0.3 is 9.47 Å². The molecule has 3 aromatic carbocycles. The van der Waals surface area contributed by atoms with Crippen LogP contribution in [0.5, 0.6) is 11.5 Å². The van der Waals surface area contributed by atoms with Crippen LogP contribution < -0.4 is 9.47 Å². The molecule has 0 saturated heterocycles. The first-order valence-electron chi connectivity index (χ1n) is 11.1. The van der Waals surface area contributed by atoms with Gasteiger partial charge in [0.25, 0.3) is 0 Å². The first kappa shape index (κ1) is 22.6. The largest absolute Gasteiger partial charge is 0.493 e. The highest BCUT2D eigenvalue weighted by Gasteiger charge is 2.08. The average Bonchev–Trinajstić information content (AvgIpc) is 2.79. The highest BCUT2D eigenvalue weighted by Crippen LogP contribution is 2.25. The van der Waals surface area contributed by atoms with Crippen LogP contribution in [-0.2, 0) is 0 Å². The molecule has 1 atom stereocenters. The highest BCUT2D eigenvalue weighted by atomic mass is 16.5. The summed E-state index contributed by atoms with van der Waals surface area (Å²) in [5, 5.41) is 0. The number of carbonyl (C=O) groups excluding carboxylic acids is 1. The number of carbonyl (C=O) groups is 1. The van der Waals surface area contributed by atoms with Crippen LogP contribution in [0.15, 0.2) is 78.9 Å². The molecule has 0 N–H and O–H groups in total. The van der Waals surface area contributed by atoms with Crippen LogP contribution in [0.2, 0.25) is 0 Å². The van der Waals surface area contributed by atoms with Gasteiger partial charge in [0, 0.05) is 0 Å². The number of ether oxygens (including phenoxy) is 2. The minimum atomic E-state index is -0.353. The van der Waals surface area contributed by atoms with Crippen molar-refractivity contribution in [1.82, 2.24) is 0 Å². The molecular formula is C28H32O3. The molecule has 0 bridgehead atoms. The van der Waals surface area contributed by atoms with E-state index >= 15 is 0 Å². The lowest BCUT2D eigenvalue weighted by Gasteiger charge is -2.14. The summed E-state index contributed by atoms with van der Waals surface area (Å²) in [5.74, 6) is 2.40. The summed E-state index contributed by atoms with van der Waals surface area (Å²) < 4.78 is 11.4. The third kappa shape index (κ3) is 7.29. The fraction of sp³-hybridized carbons (Fsp3) is 0.321. The van der Waals surface area contributed by atoms with E-state index in [0.29, 0.717) is 17.2 Å². The molecule has 0 aliphatic carbocycles. The minimum absolute atomic E-state index is 0.353. The van der Waals surface area contributed by atoms with Gasteiger partial charge in [-0.05, 0) is 65.8 Å². The zero-order chi connectivity index (χ0) is 22.1. The maximum Gasteiger partial charge on any atom is 0.343 e. The Labute approximate surface area is 186 Å². The Bertz CT molecular complexity index is 928. The summed E-state index contributed by atoms with van der Waals surface area (Å²) in [5.41, 5.74) is 2.70. The van der Waals surface area contributed by atoms with Gasteiger partial charge in [-0.1, -0.05) is 76.1 Å². The van der Waals surface area contributed by atoms with Crippen molar-refractivity contribution in [2.24, 2.45) is 11.8 Å². The Morgan fingerprint density at radius 1 is 0.742 bits per heavy atom. The zero-order valence-electron chi connectivity index (χ0n) is 18.7. The minimum Gasteiger partial charge on any atom is -0.493 e. The van der Waals surface area contributed by atoms with Gasteiger partial charge in [0.1, 0.15) is 11.5 Å². The van der Waals surface area contributed by atoms with Crippen molar-refractivity contribution < 1.29 is 14.3 Å². The molecule has 3 nitrogen and oxygen atoms in total. The van der Waals surface area contributed by atoms with Crippen LogP contribution in [0.25, 0.3) is 11.1 Å². The second kappa shape index (κ2) is 11.4. The number of hydrogen-bond acceptors (Lipinski definition) is 3. The second-order valence-electron chi connectivity index (χ2n) is 8.55. The average molecular weight is 417 g/mol. The number of hydrogen-bond donors (Lipinski definition) is 0. The molecule has 3 rings (SSSR count). The van der Waals surface area contributed by atoms with Crippen molar-refractivity contribution >= 4 is 5.97 Å². The summed E-state index contributed by atoms with van der Waals surface area (Å²) in [6.45, 7) is 7.54. The SMILES string of the molecule is CC(C)CCCC(C)COc1ccc(-c2ccc(OC(=O)c3ccccc3)cc2)cc1. The molecule has 3 aromatic rings. The van der Waals surface area contributed by atoms with Crippen LogP contribution in [-0.4, -0.2) is 12.6 Å². The van der Waals surface area contributed by atoms with E-state index in [2.05, 4.69) is 32.9 Å². The predicted octanol–water partition coefficient (Wildman–Crippen LogP) is 7.41. The van der Waals surface area contributed by atoms with Gasteiger partial charge in [0.2, 0.25) is 0 Å². The first-order chi connectivity index (χ1) is 15.0. The molecule has 1 unspecified atom stereocenters. The first-order valence-corrected chi connectivity index (χ1v) is 11.1. The Kier molecular flexibility index (Phi) is 8.28. The quantitative estimate of drug-likeness (QED) is 0.255. The van der Waals surface area contributed by atoms with Gasteiger partial charge in [0.05, 0.1) is 12.2 Å². The van der Waals surface area contributed by atoms with Crippen LogP contribution in [0, 0.1) is 11.8 Å². The Morgan fingerprint density at radius 3 is 1.90 bits per heavy atom. The Hall–Kier alpha value is -3.07. The summed E-state index contributed by atoms with van der Waals surface area (Å²) >= 11 is 0. The van der Waals surface area contributed by atoms with Gasteiger partial charge in [-0.2, -0.15) is 0 Å². The predicted molar refractivity (Wildman–Crippen MR) is 127 cm³/mol. The van der Waals surface area contributed by atoms with Crippen molar-refractivity contribution in [3.63, 3.8) is 0 Å². The molecule has 0 spiro atoms. The molecule has 0 radical (unpaired) electrons. The van der Waals surface area contributed by atoms with E-state index in [1.54, 1.807) is 12.1 Å². The van der Waals surface area contributed by atoms with E-state index in [0.717, 1.165) is 29.4 Å². The van der Waals surface area contributed by atoms with E-state index in [-0.39, 0.29) is 5.97 Å². The van der Waals surface area contributed by atoms with Crippen molar-refractivity contribution in [1.29, 1.82) is 0 Å². The number of benzene rings is 3. The maximum atomic E-state index is 12.2. The fourth-order valence-corrected chi connectivity index (χ4v) is 3.40. The monoisotopic (exact) mass is 416 g/mol.